The molecule has 1 aliphatic heterocycles. The molecule has 1 heterocycles. The van der Waals surface area contributed by atoms with Crippen LogP contribution in [0.4, 0.5) is 0 Å². The third kappa shape index (κ3) is 5.15. The van der Waals surface area contributed by atoms with Crippen LogP contribution < -0.4 is 4.74 Å². The number of piperazine rings is 1. The van der Waals surface area contributed by atoms with E-state index in [2.05, 4.69) is 79.4 Å². The van der Waals surface area contributed by atoms with Crippen LogP contribution >= 0.6 is 0 Å². The smallest absolute Gasteiger partial charge is 0.260 e. The highest BCUT2D eigenvalue weighted by molar-refractivity contribution is 5.78. The van der Waals surface area contributed by atoms with E-state index in [1.807, 2.05) is 23.1 Å². The quantitative estimate of drug-likeness (QED) is 0.590. The minimum Gasteiger partial charge on any atom is -0.484 e. The Morgan fingerprint density at radius 2 is 1.39 bits per heavy atom. The zero-order valence-corrected chi connectivity index (χ0v) is 18.3. The van der Waals surface area contributed by atoms with Crippen LogP contribution in [0.5, 0.6) is 5.75 Å². The number of rotatable bonds is 6. The van der Waals surface area contributed by atoms with Crippen LogP contribution in [-0.4, -0.2) is 48.5 Å². The van der Waals surface area contributed by atoms with Gasteiger partial charge in [0.25, 0.3) is 5.91 Å². The van der Waals surface area contributed by atoms with Crippen molar-refractivity contribution >= 4 is 5.91 Å². The van der Waals surface area contributed by atoms with Gasteiger partial charge in [0.2, 0.25) is 0 Å². The predicted octanol–water partition coefficient (Wildman–Crippen LogP) is 4.62. The summed E-state index contributed by atoms with van der Waals surface area (Å²) in [7, 11) is 0. The van der Waals surface area contributed by atoms with Gasteiger partial charge in [-0.25, -0.2) is 0 Å². The zero-order valence-electron chi connectivity index (χ0n) is 18.3. The van der Waals surface area contributed by atoms with Crippen LogP contribution in [-0.2, 0) is 4.79 Å². The maximum atomic E-state index is 12.7. The molecule has 4 heteroatoms. The monoisotopic (exact) mass is 414 g/mol. The fourth-order valence-corrected chi connectivity index (χ4v) is 4.15. The zero-order chi connectivity index (χ0) is 21.6. The van der Waals surface area contributed by atoms with E-state index in [1.165, 1.54) is 22.3 Å². The van der Waals surface area contributed by atoms with Gasteiger partial charge in [0, 0.05) is 26.2 Å². The van der Waals surface area contributed by atoms with Crippen molar-refractivity contribution in [2.45, 2.75) is 19.9 Å². The van der Waals surface area contributed by atoms with Gasteiger partial charge in [0.05, 0.1) is 6.04 Å². The van der Waals surface area contributed by atoms with Gasteiger partial charge in [0.1, 0.15) is 5.75 Å². The van der Waals surface area contributed by atoms with Crippen molar-refractivity contribution in [3.8, 4) is 5.75 Å². The van der Waals surface area contributed by atoms with Gasteiger partial charge in [-0.1, -0.05) is 66.7 Å². The molecule has 1 amide bonds. The van der Waals surface area contributed by atoms with Gasteiger partial charge in [0.15, 0.2) is 6.61 Å². The highest BCUT2D eigenvalue weighted by atomic mass is 16.5. The highest BCUT2D eigenvalue weighted by Crippen LogP contribution is 2.29. The van der Waals surface area contributed by atoms with Crippen molar-refractivity contribution in [2.75, 3.05) is 32.8 Å². The lowest BCUT2D eigenvalue weighted by Crippen LogP contribution is -2.51. The number of hydrogen-bond acceptors (Lipinski definition) is 3. The molecule has 0 aromatic heterocycles. The normalized spacial score (nSPS) is 14.6. The summed E-state index contributed by atoms with van der Waals surface area (Å²) in [6.45, 7) is 7.31. The Kier molecular flexibility index (Phi) is 6.68. The predicted molar refractivity (Wildman–Crippen MR) is 124 cm³/mol. The highest BCUT2D eigenvalue weighted by Gasteiger charge is 2.28. The first kappa shape index (κ1) is 21.1. The lowest BCUT2D eigenvalue weighted by atomic mass is 9.96. The molecule has 0 aliphatic carbocycles. The molecule has 0 radical (unpaired) electrons. The molecule has 4 nitrogen and oxygen atoms in total. The van der Waals surface area contributed by atoms with Crippen molar-refractivity contribution in [3.05, 3.63) is 101 Å². The van der Waals surface area contributed by atoms with Crippen LogP contribution in [0.25, 0.3) is 0 Å². The Morgan fingerprint density at radius 3 is 1.94 bits per heavy atom. The second kappa shape index (κ2) is 9.80. The number of ether oxygens (including phenoxy) is 1. The average molecular weight is 415 g/mol. The molecule has 0 saturated carbocycles. The van der Waals surface area contributed by atoms with Crippen molar-refractivity contribution in [3.63, 3.8) is 0 Å². The van der Waals surface area contributed by atoms with E-state index >= 15 is 0 Å². The van der Waals surface area contributed by atoms with Crippen LogP contribution in [0.3, 0.4) is 0 Å². The number of amides is 1. The van der Waals surface area contributed by atoms with E-state index in [0.29, 0.717) is 13.1 Å². The Labute approximate surface area is 185 Å². The summed E-state index contributed by atoms with van der Waals surface area (Å²) in [6.07, 6.45) is 0. The van der Waals surface area contributed by atoms with Crippen molar-refractivity contribution in [1.29, 1.82) is 0 Å². The summed E-state index contributed by atoms with van der Waals surface area (Å²) in [5.41, 5.74) is 4.96. The third-order valence-corrected chi connectivity index (χ3v) is 6.10. The second-order valence-corrected chi connectivity index (χ2v) is 8.18. The molecule has 0 bridgehead atoms. The maximum Gasteiger partial charge on any atom is 0.260 e. The minimum atomic E-state index is 0.0499. The molecule has 160 valence electrons. The number of nitrogens with zero attached hydrogens (tertiary/aromatic N) is 2. The van der Waals surface area contributed by atoms with E-state index in [4.69, 9.17) is 4.74 Å². The summed E-state index contributed by atoms with van der Waals surface area (Å²) in [5, 5.41) is 0. The standard InChI is InChI=1S/C27H30N2O2/c1-21-13-14-25(19-22(21)2)31-20-26(30)28-15-17-29(18-16-28)27(23-9-5-3-6-10-23)24-11-7-4-8-12-24/h3-14,19,27H,15-18,20H2,1-2H3. The number of hydrogen-bond donors (Lipinski definition) is 0. The summed E-state index contributed by atoms with van der Waals surface area (Å²) < 4.78 is 5.76. The van der Waals surface area contributed by atoms with Crippen molar-refractivity contribution in [1.82, 2.24) is 9.80 Å². The van der Waals surface area contributed by atoms with Crippen molar-refractivity contribution < 1.29 is 9.53 Å². The summed E-state index contributed by atoms with van der Waals surface area (Å²) >= 11 is 0. The number of carbonyl (C=O) groups excluding carboxylic acids is 1. The van der Waals surface area contributed by atoms with Gasteiger partial charge >= 0.3 is 0 Å². The molecule has 3 aromatic rings. The summed E-state index contributed by atoms with van der Waals surface area (Å²) in [6, 6.07) is 27.4. The Bertz CT molecular complexity index is 957. The Hall–Kier alpha value is -3.11. The SMILES string of the molecule is Cc1ccc(OCC(=O)N2CCN(C(c3ccccc3)c3ccccc3)CC2)cc1C. The van der Waals surface area contributed by atoms with E-state index in [9.17, 15) is 4.79 Å². The molecular weight excluding hydrogens is 384 g/mol. The molecule has 0 N–H and O–H groups in total. The molecule has 31 heavy (non-hydrogen) atoms. The van der Waals surface area contributed by atoms with E-state index in [1.54, 1.807) is 0 Å². The van der Waals surface area contributed by atoms with Gasteiger partial charge in [-0.05, 0) is 48.2 Å². The van der Waals surface area contributed by atoms with E-state index < -0.39 is 0 Å². The van der Waals surface area contributed by atoms with Crippen molar-refractivity contribution in [2.24, 2.45) is 0 Å². The van der Waals surface area contributed by atoms with E-state index in [-0.39, 0.29) is 18.6 Å². The first-order valence-electron chi connectivity index (χ1n) is 10.9. The third-order valence-electron chi connectivity index (χ3n) is 6.10. The van der Waals surface area contributed by atoms with Crippen LogP contribution in [0.2, 0.25) is 0 Å². The lowest BCUT2D eigenvalue weighted by Gasteiger charge is -2.39. The fourth-order valence-electron chi connectivity index (χ4n) is 4.15. The Balaban J connectivity index is 1.38. The van der Waals surface area contributed by atoms with E-state index in [0.717, 1.165) is 18.8 Å². The molecule has 3 aromatic carbocycles. The number of benzene rings is 3. The summed E-state index contributed by atoms with van der Waals surface area (Å²) in [4.78, 5) is 17.1. The number of carbonyl (C=O) groups is 1. The van der Waals surface area contributed by atoms with Gasteiger partial charge in [-0.2, -0.15) is 0 Å². The van der Waals surface area contributed by atoms with Gasteiger partial charge in [-0.3, -0.25) is 9.69 Å². The molecule has 0 atom stereocenters. The number of aryl methyl sites for hydroxylation is 2. The molecule has 1 saturated heterocycles. The molecule has 1 aliphatic rings. The molecule has 1 fully saturated rings. The van der Waals surface area contributed by atoms with Gasteiger partial charge < -0.3 is 9.64 Å². The first-order chi connectivity index (χ1) is 15.1. The summed E-state index contributed by atoms with van der Waals surface area (Å²) in [5.74, 6) is 0.803. The fraction of sp³-hybridized carbons (Fsp3) is 0.296. The molecule has 0 unspecified atom stereocenters. The van der Waals surface area contributed by atoms with Crippen LogP contribution in [0.1, 0.15) is 28.3 Å². The molecule has 4 rings (SSSR count). The average Bonchev–Trinajstić information content (AvgIpc) is 2.82. The first-order valence-corrected chi connectivity index (χ1v) is 10.9. The minimum absolute atomic E-state index is 0.0499. The molecular formula is C27H30N2O2. The van der Waals surface area contributed by atoms with Crippen LogP contribution in [0, 0.1) is 13.8 Å². The Morgan fingerprint density at radius 1 is 0.806 bits per heavy atom. The molecule has 0 spiro atoms. The maximum absolute atomic E-state index is 12.7. The van der Waals surface area contributed by atoms with Gasteiger partial charge in [-0.15, -0.1) is 0 Å². The topological polar surface area (TPSA) is 32.8 Å². The van der Waals surface area contributed by atoms with Crippen LogP contribution in [0.15, 0.2) is 78.9 Å². The second-order valence-electron chi connectivity index (χ2n) is 8.18. The lowest BCUT2D eigenvalue weighted by molar-refractivity contribution is -0.135. The largest absolute Gasteiger partial charge is 0.484 e.